The van der Waals surface area contributed by atoms with E-state index in [1.54, 1.807) is 4.90 Å². The fourth-order valence-electron chi connectivity index (χ4n) is 5.75. The molecule has 29 heavy (non-hydrogen) atoms. The SMILES string of the molecule is CC(C)(C)OC(=O)N1CCC(CNC(=O)C2C(C(N)=O)[C@@H]3C=C[C@H]2C32CC2)CC1. The van der Waals surface area contributed by atoms with Crippen LogP contribution < -0.4 is 11.1 Å². The van der Waals surface area contributed by atoms with E-state index in [1.807, 2.05) is 20.8 Å². The van der Waals surface area contributed by atoms with Gasteiger partial charge in [0, 0.05) is 19.6 Å². The molecule has 0 radical (unpaired) electrons. The minimum atomic E-state index is -0.493. The first-order chi connectivity index (χ1) is 13.6. The van der Waals surface area contributed by atoms with Gasteiger partial charge in [0.15, 0.2) is 0 Å². The normalized spacial score (nSPS) is 32.4. The summed E-state index contributed by atoms with van der Waals surface area (Å²) < 4.78 is 5.43. The summed E-state index contributed by atoms with van der Waals surface area (Å²) in [5.74, 6) is -0.468. The molecule has 2 bridgehead atoms. The van der Waals surface area contributed by atoms with Gasteiger partial charge in [-0.3, -0.25) is 9.59 Å². The predicted molar refractivity (Wildman–Crippen MR) is 108 cm³/mol. The molecule has 7 nitrogen and oxygen atoms in total. The van der Waals surface area contributed by atoms with Crippen LogP contribution in [0.1, 0.15) is 46.5 Å². The van der Waals surface area contributed by atoms with Crippen LogP contribution in [0.3, 0.4) is 0 Å². The second kappa shape index (κ2) is 7.03. The van der Waals surface area contributed by atoms with Gasteiger partial charge in [-0.15, -0.1) is 0 Å². The van der Waals surface area contributed by atoms with Crippen molar-refractivity contribution in [2.75, 3.05) is 19.6 Å². The number of piperidine rings is 1. The highest BCUT2D eigenvalue weighted by molar-refractivity contribution is 5.89. The van der Waals surface area contributed by atoms with Crippen molar-refractivity contribution in [3.05, 3.63) is 12.2 Å². The van der Waals surface area contributed by atoms with E-state index in [-0.39, 0.29) is 47.0 Å². The third kappa shape index (κ3) is 3.64. The number of carbonyl (C=O) groups excluding carboxylic acids is 3. The molecule has 1 aliphatic heterocycles. The maximum atomic E-state index is 13.0. The summed E-state index contributed by atoms with van der Waals surface area (Å²) in [5.41, 5.74) is 5.32. The van der Waals surface area contributed by atoms with E-state index in [1.165, 1.54) is 0 Å². The van der Waals surface area contributed by atoms with Gasteiger partial charge in [0.05, 0.1) is 11.8 Å². The fourth-order valence-corrected chi connectivity index (χ4v) is 5.75. The van der Waals surface area contributed by atoms with Crippen LogP contribution in [-0.4, -0.2) is 48.0 Å². The lowest BCUT2D eigenvalue weighted by atomic mass is 9.82. The summed E-state index contributed by atoms with van der Waals surface area (Å²) in [6.45, 7) is 7.45. The number of nitrogens with two attached hydrogens (primary N) is 1. The van der Waals surface area contributed by atoms with E-state index in [4.69, 9.17) is 10.5 Å². The van der Waals surface area contributed by atoms with E-state index < -0.39 is 5.60 Å². The van der Waals surface area contributed by atoms with Crippen LogP contribution in [0.2, 0.25) is 0 Å². The van der Waals surface area contributed by atoms with Gasteiger partial charge in [-0.1, -0.05) is 12.2 Å². The number of primary amides is 1. The van der Waals surface area contributed by atoms with E-state index in [0.717, 1.165) is 25.7 Å². The van der Waals surface area contributed by atoms with Gasteiger partial charge in [0.2, 0.25) is 11.8 Å². The van der Waals surface area contributed by atoms with Crippen molar-refractivity contribution in [3.63, 3.8) is 0 Å². The number of likely N-dealkylation sites (tertiary alicyclic amines) is 1. The quantitative estimate of drug-likeness (QED) is 0.702. The maximum absolute atomic E-state index is 13.0. The van der Waals surface area contributed by atoms with Crippen molar-refractivity contribution in [2.45, 2.75) is 52.1 Å². The zero-order valence-electron chi connectivity index (χ0n) is 17.6. The molecule has 0 aromatic rings. The Hall–Kier alpha value is -2.05. The Morgan fingerprint density at radius 1 is 1.10 bits per heavy atom. The largest absolute Gasteiger partial charge is 0.444 e. The maximum Gasteiger partial charge on any atom is 0.410 e. The molecule has 3 fully saturated rings. The molecule has 0 aromatic heterocycles. The standard InChI is InChI=1S/C22H33N3O4/c1-21(2,3)29-20(28)25-10-6-13(7-11-25)12-24-19(27)17-15-5-4-14(16(17)18(23)26)22(15)8-9-22/h4-5,13-17H,6-12H2,1-3H3,(H2,23,26)(H,24,27)/t14-,15+,16?,17?/m0/s1. The number of amides is 3. The van der Waals surface area contributed by atoms with Crippen LogP contribution in [0.15, 0.2) is 12.2 Å². The van der Waals surface area contributed by atoms with Gasteiger partial charge < -0.3 is 20.7 Å². The third-order valence-electron chi connectivity index (χ3n) is 7.30. The van der Waals surface area contributed by atoms with Crippen LogP contribution >= 0.6 is 0 Å². The van der Waals surface area contributed by atoms with Crippen LogP contribution in [0, 0.1) is 35.0 Å². The first-order valence-electron chi connectivity index (χ1n) is 10.9. The Morgan fingerprint density at radius 3 is 2.21 bits per heavy atom. The van der Waals surface area contributed by atoms with Crippen molar-refractivity contribution in [1.29, 1.82) is 0 Å². The molecule has 4 rings (SSSR count). The number of hydrogen-bond acceptors (Lipinski definition) is 4. The molecule has 7 heteroatoms. The van der Waals surface area contributed by atoms with Gasteiger partial charge in [0.1, 0.15) is 5.60 Å². The minimum absolute atomic E-state index is 0.0357. The van der Waals surface area contributed by atoms with Gasteiger partial charge >= 0.3 is 6.09 Å². The lowest BCUT2D eigenvalue weighted by molar-refractivity contribution is -0.133. The molecule has 4 atom stereocenters. The number of nitrogens with zero attached hydrogens (tertiary/aromatic N) is 1. The molecule has 2 unspecified atom stereocenters. The third-order valence-corrected chi connectivity index (χ3v) is 7.30. The molecule has 2 saturated carbocycles. The fraction of sp³-hybridized carbons (Fsp3) is 0.773. The summed E-state index contributed by atoms with van der Waals surface area (Å²) in [6, 6.07) is 0. The van der Waals surface area contributed by atoms with Crippen LogP contribution in [0.5, 0.6) is 0 Å². The Morgan fingerprint density at radius 2 is 1.69 bits per heavy atom. The summed E-state index contributed by atoms with van der Waals surface area (Å²) in [4.78, 5) is 39.0. The molecule has 0 aromatic carbocycles. The van der Waals surface area contributed by atoms with Gasteiger partial charge in [-0.05, 0) is 69.6 Å². The molecule has 3 aliphatic carbocycles. The summed E-state index contributed by atoms with van der Waals surface area (Å²) in [7, 11) is 0. The highest BCUT2D eigenvalue weighted by Gasteiger charge is 2.69. The molecular formula is C22H33N3O4. The molecule has 1 heterocycles. The average Bonchev–Trinajstić information content (AvgIpc) is 3.31. The summed E-state index contributed by atoms with van der Waals surface area (Å²) in [5, 5.41) is 3.10. The van der Waals surface area contributed by atoms with Crippen LogP contribution in [0.25, 0.3) is 0 Å². The van der Waals surface area contributed by atoms with Gasteiger partial charge in [-0.25, -0.2) is 4.79 Å². The van der Waals surface area contributed by atoms with E-state index in [9.17, 15) is 14.4 Å². The Kier molecular flexibility index (Phi) is 4.90. The Bertz CT molecular complexity index is 729. The molecule has 4 aliphatic rings. The first kappa shape index (κ1) is 20.2. The van der Waals surface area contributed by atoms with Crippen molar-refractivity contribution < 1.29 is 19.1 Å². The second-order valence-electron chi connectivity index (χ2n) is 10.3. The topological polar surface area (TPSA) is 102 Å². The molecule has 160 valence electrons. The number of allylic oxidation sites excluding steroid dienone is 2. The lowest BCUT2D eigenvalue weighted by Gasteiger charge is -2.34. The highest BCUT2D eigenvalue weighted by atomic mass is 16.6. The zero-order valence-corrected chi connectivity index (χ0v) is 17.6. The highest BCUT2D eigenvalue weighted by Crippen LogP contribution is 2.71. The Labute approximate surface area is 172 Å². The zero-order chi connectivity index (χ0) is 21.0. The number of rotatable bonds is 4. The smallest absolute Gasteiger partial charge is 0.410 e. The Balaban J connectivity index is 1.28. The molecular weight excluding hydrogens is 370 g/mol. The predicted octanol–water partition coefficient (Wildman–Crippen LogP) is 2.06. The molecule has 1 saturated heterocycles. The van der Waals surface area contributed by atoms with Crippen LogP contribution in [-0.2, 0) is 14.3 Å². The molecule has 3 N–H and O–H groups in total. The number of nitrogens with one attached hydrogen (secondary N) is 1. The van der Waals surface area contributed by atoms with Crippen molar-refractivity contribution in [1.82, 2.24) is 10.2 Å². The minimum Gasteiger partial charge on any atom is -0.444 e. The summed E-state index contributed by atoms with van der Waals surface area (Å²) in [6.07, 6.45) is 7.83. The van der Waals surface area contributed by atoms with Gasteiger partial charge in [-0.2, -0.15) is 0 Å². The average molecular weight is 404 g/mol. The first-order valence-corrected chi connectivity index (χ1v) is 10.9. The van der Waals surface area contributed by atoms with Crippen molar-refractivity contribution in [3.8, 4) is 0 Å². The van der Waals surface area contributed by atoms with E-state index in [2.05, 4.69) is 17.5 Å². The lowest BCUT2D eigenvalue weighted by Crippen LogP contribution is -2.46. The summed E-state index contributed by atoms with van der Waals surface area (Å²) >= 11 is 0. The molecule has 3 amide bonds. The van der Waals surface area contributed by atoms with Crippen LogP contribution in [0.4, 0.5) is 4.79 Å². The monoisotopic (exact) mass is 403 g/mol. The van der Waals surface area contributed by atoms with E-state index in [0.29, 0.717) is 25.6 Å². The van der Waals surface area contributed by atoms with Crippen molar-refractivity contribution >= 4 is 17.9 Å². The van der Waals surface area contributed by atoms with Crippen molar-refractivity contribution in [2.24, 2.45) is 40.7 Å². The number of ether oxygens (including phenoxy) is 1. The van der Waals surface area contributed by atoms with Gasteiger partial charge in [0.25, 0.3) is 0 Å². The van der Waals surface area contributed by atoms with E-state index >= 15 is 0 Å². The molecule has 1 spiro atoms. The number of hydrogen-bond donors (Lipinski definition) is 2. The number of carbonyl (C=O) groups is 3. The second-order valence-corrected chi connectivity index (χ2v) is 10.3.